The third kappa shape index (κ3) is 3.21. The second-order valence-electron chi connectivity index (χ2n) is 7.23. The van der Waals surface area contributed by atoms with Crippen LogP contribution in [0.2, 0.25) is 0 Å². The van der Waals surface area contributed by atoms with Crippen LogP contribution in [-0.2, 0) is 15.8 Å². The maximum absolute atomic E-state index is 13.6. The molecule has 1 saturated carbocycles. The molecule has 0 spiro atoms. The third-order valence-electron chi connectivity index (χ3n) is 5.23. The van der Waals surface area contributed by atoms with Crippen LogP contribution in [0.15, 0.2) is 34.7 Å². The van der Waals surface area contributed by atoms with Gasteiger partial charge in [0.05, 0.1) is 12.0 Å². The Kier molecular flexibility index (Phi) is 4.45. The van der Waals surface area contributed by atoms with E-state index in [0.717, 1.165) is 6.42 Å². The van der Waals surface area contributed by atoms with Crippen molar-refractivity contribution in [3.05, 3.63) is 58.8 Å². The van der Waals surface area contributed by atoms with Crippen LogP contribution in [0.1, 0.15) is 48.8 Å². The number of aliphatic hydroxyl groups is 1. The summed E-state index contributed by atoms with van der Waals surface area (Å²) >= 11 is 0. The first kappa shape index (κ1) is 17.7. The van der Waals surface area contributed by atoms with Gasteiger partial charge < -0.3 is 14.8 Å². The Balaban J connectivity index is 1.76. The molecular formula is C20H24FNO3. The molecule has 1 fully saturated rings. The van der Waals surface area contributed by atoms with Gasteiger partial charge in [0.25, 0.3) is 0 Å². The van der Waals surface area contributed by atoms with E-state index in [1.807, 2.05) is 6.92 Å². The molecule has 4 nitrogen and oxygen atoms in total. The molecule has 0 aliphatic heterocycles. The quantitative estimate of drug-likeness (QED) is 0.872. The average molecular weight is 345 g/mol. The van der Waals surface area contributed by atoms with E-state index in [1.165, 1.54) is 12.1 Å². The largest absolute Gasteiger partial charge is 0.466 e. The summed E-state index contributed by atoms with van der Waals surface area (Å²) in [6.45, 7) is 5.33. The highest BCUT2D eigenvalue weighted by molar-refractivity contribution is 5.89. The number of benzene rings is 1. The zero-order valence-electron chi connectivity index (χ0n) is 14.9. The molecule has 0 radical (unpaired) electrons. The van der Waals surface area contributed by atoms with Gasteiger partial charge in [0, 0.05) is 5.56 Å². The number of furan rings is 1. The second-order valence-corrected chi connectivity index (χ2v) is 7.23. The Bertz CT molecular complexity index is 790. The summed E-state index contributed by atoms with van der Waals surface area (Å²) in [6, 6.07) is 8.02. The van der Waals surface area contributed by atoms with Gasteiger partial charge in [-0.2, -0.15) is 0 Å². The minimum Gasteiger partial charge on any atom is -0.466 e. The minimum atomic E-state index is -1.23. The zero-order chi connectivity index (χ0) is 18.2. The van der Waals surface area contributed by atoms with Gasteiger partial charge in [0.1, 0.15) is 22.9 Å². The van der Waals surface area contributed by atoms with E-state index in [-0.39, 0.29) is 18.3 Å². The number of amides is 1. The molecule has 5 heteroatoms. The number of rotatable bonds is 5. The number of nitrogens with one attached hydrogen (secondary N) is 1. The summed E-state index contributed by atoms with van der Waals surface area (Å²) < 4.78 is 19.1. The normalized spacial score (nSPS) is 18.3. The molecule has 1 atom stereocenters. The highest BCUT2D eigenvalue weighted by Gasteiger charge is 2.46. The summed E-state index contributed by atoms with van der Waals surface area (Å²) in [5, 5.41) is 13.6. The van der Waals surface area contributed by atoms with Gasteiger partial charge in [-0.05, 0) is 57.4 Å². The van der Waals surface area contributed by atoms with Gasteiger partial charge in [0.15, 0.2) is 0 Å². The van der Waals surface area contributed by atoms with E-state index in [1.54, 1.807) is 32.0 Å². The highest BCUT2D eigenvalue weighted by atomic mass is 19.1. The van der Waals surface area contributed by atoms with Crippen LogP contribution in [-0.4, -0.2) is 17.6 Å². The van der Waals surface area contributed by atoms with E-state index >= 15 is 0 Å². The number of carbonyl (C=O) groups excluding carboxylic acids is 1. The zero-order valence-corrected chi connectivity index (χ0v) is 14.9. The number of hydrogen-bond donors (Lipinski definition) is 2. The molecule has 1 aliphatic rings. The monoisotopic (exact) mass is 345 g/mol. The van der Waals surface area contributed by atoms with Crippen molar-refractivity contribution in [2.45, 2.75) is 51.0 Å². The maximum Gasteiger partial charge on any atom is 0.230 e. The molecule has 1 heterocycles. The van der Waals surface area contributed by atoms with E-state index < -0.39 is 11.0 Å². The van der Waals surface area contributed by atoms with Crippen molar-refractivity contribution in [2.75, 3.05) is 6.54 Å². The fourth-order valence-electron chi connectivity index (χ4n) is 3.65. The van der Waals surface area contributed by atoms with Crippen molar-refractivity contribution in [3.63, 3.8) is 0 Å². The van der Waals surface area contributed by atoms with Crippen LogP contribution in [0.4, 0.5) is 4.39 Å². The van der Waals surface area contributed by atoms with Crippen molar-refractivity contribution in [1.29, 1.82) is 0 Å². The molecule has 0 saturated heterocycles. The predicted octanol–water partition coefficient (Wildman–Crippen LogP) is 3.48. The summed E-state index contributed by atoms with van der Waals surface area (Å²) in [6.07, 6.45) is 2.31. The van der Waals surface area contributed by atoms with E-state index in [2.05, 4.69) is 5.32 Å². The van der Waals surface area contributed by atoms with Crippen molar-refractivity contribution in [2.24, 2.45) is 0 Å². The first-order chi connectivity index (χ1) is 11.7. The van der Waals surface area contributed by atoms with Crippen LogP contribution in [0, 0.1) is 19.7 Å². The van der Waals surface area contributed by atoms with Crippen LogP contribution in [0.3, 0.4) is 0 Å². The lowest BCUT2D eigenvalue weighted by Crippen LogP contribution is -2.52. The van der Waals surface area contributed by atoms with Crippen molar-refractivity contribution < 1.29 is 18.7 Å². The van der Waals surface area contributed by atoms with Crippen molar-refractivity contribution in [3.8, 4) is 0 Å². The summed E-state index contributed by atoms with van der Waals surface area (Å²) in [5.74, 6) is 0.852. The predicted molar refractivity (Wildman–Crippen MR) is 92.7 cm³/mol. The molecule has 0 bridgehead atoms. The third-order valence-corrected chi connectivity index (χ3v) is 5.23. The molecule has 2 aromatic rings. The molecule has 1 unspecified atom stereocenters. The van der Waals surface area contributed by atoms with Gasteiger partial charge in [-0.15, -0.1) is 0 Å². The summed E-state index contributed by atoms with van der Waals surface area (Å²) in [4.78, 5) is 12.9. The number of aryl methyl sites for hydroxylation is 2. The number of halogens is 1. The smallest absolute Gasteiger partial charge is 0.230 e. The molecule has 1 aromatic heterocycles. The second kappa shape index (κ2) is 6.30. The van der Waals surface area contributed by atoms with Gasteiger partial charge in [-0.25, -0.2) is 4.39 Å². The fraction of sp³-hybridized carbons (Fsp3) is 0.450. The number of hydrogen-bond acceptors (Lipinski definition) is 3. The molecule has 134 valence electrons. The summed E-state index contributed by atoms with van der Waals surface area (Å²) in [5.41, 5.74) is -0.561. The van der Waals surface area contributed by atoms with Crippen LogP contribution in [0.25, 0.3) is 0 Å². The SMILES string of the molecule is Cc1cc(C(C)(O)CNC(=O)C2(c3cccc(F)c3)CCC2)c(C)o1. The van der Waals surface area contributed by atoms with E-state index in [0.29, 0.717) is 35.5 Å². The van der Waals surface area contributed by atoms with E-state index in [4.69, 9.17) is 4.42 Å². The summed E-state index contributed by atoms with van der Waals surface area (Å²) in [7, 11) is 0. The Morgan fingerprint density at radius 1 is 1.36 bits per heavy atom. The van der Waals surface area contributed by atoms with Gasteiger partial charge >= 0.3 is 0 Å². The lowest BCUT2D eigenvalue weighted by Gasteiger charge is -2.41. The van der Waals surface area contributed by atoms with Gasteiger partial charge in [-0.1, -0.05) is 18.6 Å². The molecule has 25 heavy (non-hydrogen) atoms. The molecule has 2 N–H and O–H groups in total. The van der Waals surface area contributed by atoms with Crippen LogP contribution in [0.5, 0.6) is 0 Å². The lowest BCUT2D eigenvalue weighted by atomic mass is 9.63. The molecule has 1 aliphatic carbocycles. The van der Waals surface area contributed by atoms with Crippen LogP contribution < -0.4 is 5.32 Å². The standard InChI is InChI=1S/C20H24FNO3/c1-13-10-17(14(2)25-13)19(3,24)12-22-18(23)20(8-5-9-20)15-6-4-7-16(21)11-15/h4,6-7,10-11,24H,5,8-9,12H2,1-3H3,(H,22,23). The molecule has 1 amide bonds. The Labute approximate surface area is 147 Å². The van der Waals surface area contributed by atoms with Crippen molar-refractivity contribution >= 4 is 5.91 Å². The molecule has 3 rings (SSSR count). The lowest BCUT2D eigenvalue weighted by molar-refractivity contribution is -0.131. The first-order valence-electron chi connectivity index (χ1n) is 8.59. The average Bonchev–Trinajstić information content (AvgIpc) is 2.84. The van der Waals surface area contributed by atoms with Gasteiger partial charge in [0.2, 0.25) is 5.91 Å². The maximum atomic E-state index is 13.6. The minimum absolute atomic E-state index is 0.0721. The van der Waals surface area contributed by atoms with Crippen molar-refractivity contribution in [1.82, 2.24) is 5.32 Å². The topological polar surface area (TPSA) is 62.5 Å². The Hall–Kier alpha value is -2.14. The Morgan fingerprint density at radius 3 is 2.60 bits per heavy atom. The first-order valence-corrected chi connectivity index (χ1v) is 8.59. The fourth-order valence-corrected chi connectivity index (χ4v) is 3.65. The van der Waals surface area contributed by atoms with E-state index in [9.17, 15) is 14.3 Å². The Morgan fingerprint density at radius 2 is 2.08 bits per heavy atom. The molecular weight excluding hydrogens is 321 g/mol. The van der Waals surface area contributed by atoms with Crippen LogP contribution >= 0.6 is 0 Å². The van der Waals surface area contributed by atoms with Gasteiger partial charge in [-0.3, -0.25) is 4.79 Å². The molecule has 1 aromatic carbocycles. The number of carbonyl (C=O) groups is 1. The highest BCUT2D eigenvalue weighted by Crippen LogP contribution is 2.44.